The highest BCUT2D eigenvalue weighted by molar-refractivity contribution is 7.47. The first kappa shape index (κ1) is 72.5. The summed E-state index contributed by atoms with van der Waals surface area (Å²) >= 11 is 0. The van der Waals surface area contributed by atoms with Gasteiger partial charge in [0, 0.05) is 6.42 Å². The molecule has 0 saturated heterocycles. The van der Waals surface area contributed by atoms with Gasteiger partial charge in [-0.25, -0.2) is 4.57 Å². The highest BCUT2D eigenvalue weighted by atomic mass is 31.2. The third-order valence-corrected chi connectivity index (χ3v) is 15.5. The maximum absolute atomic E-state index is 13.0. The second kappa shape index (κ2) is 56.2. The van der Waals surface area contributed by atoms with Gasteiger partial charge in [-0.3, -0.25) is 13.8 Å². The van der Waals surface area contributed by atoms with E-state index < -0.39 is 20.0 Å². The van der Waals surface area contributed by atoms with Crippen molar-refractivity contribution in [2.24, 2.45) is 0 Å². The van der Waals surface area contributed by atoms with Gasteiger partial charge in [-0.05, 0) is 70.6 Å². The Kier molecular flexibility index (Phi) is 55.0. The molecule has 1 amide bonds. The molecule has 0 aliphatic carbocycles. The quantitative estimate of drug-likeness (QED) is 0.0243. The predicted molar refractivity (Wildman–Crippen MR) is 323 cm³/mol. The normalized spacial score (nSPS) is 14.1. The molecule has 0 aliphatic rings. The average molecular weight is 1060 g/mol. The number of amides is 1. The molecule has 0 fully saturated rings. The van der Waals surface area contributed by atoms with Gasteiger partial charge in [0.1, 0.15) is 13.2 Å². The summed E-state index contributed by atoms with van der Waals surface area (Å²) in [4.78, 5) is 23.3. The summed E-state index contributed by atoms with van der Waals surface area (Å²) in [5.74, 6) is -0.186. The maximum Gasteiger partial charge on any atom is 0.472 e. The molecule has 0 saturated carbocycles. The largest absolute Gasteiger partial charge is 0.472 e. The summed E-state index contributed by atoms with van der Waals surface area (Å²) in [6, 6.07) is -0.869. The van der Waals surface area contributed by atoms with Crippen LogP contribution in [0.4, 0.5) is 0 Å². The summed E-state index contributed by atoms with van der Waals surface area (Å²) in [6.45, 7) is 4.81. The number of quaternary nitrogens is 1. The summed E-state index contributed by atoms with van der Waals surface area (Å²) in [5, 5.41) is 13.9. The van der Waals surface area contributed by atoms with Gasteiger partial charge >= 0.3 is 7.82 Å². The van der Waals surface area contributed by atoms with Crippen LogP contribution in [0.3, 0.4) is 0 Å². The molecule has 0 spiro atoms. The third-order valence-electron chi connectivity index (χ3n) is 14.5. The number of phosphoric acid groups is 1. The fourth-order valence-corrected chi connectivity index (χ4v) is 10.2. The molecular weight excluding hydrogens is 936 g/mol. The second-order valence-corrected chi connectivity index (χ2v) is 24.6. The lowest BCUT2D eigenvalue weighted by atomic mass is 10.0. The molecule has 9 heteroatoms. The molecule has 74 heavy (non-hydrogen) atoms. The highest BCUT2D eigenvalue weighted by Gasteiger charge is 2.27. The summed E-state index contributed by atoms with van der Waals surface area (Å²) in [5.41, 5.74) is 0. The third kappa shape index (κ3) is 58.1. The van der Waals surface area contributed by atoms with Crippen LogP contribution in [0.5, 0.6) is 0 Å². The van der Waals surface area contributed by atoms with E-state index in [9.17, 15) is 19.4 Å². The Labute approximate surface area is 460 Å². The summed E-state index contributed by atoms with van der Waals surface area (Å²) in [7, 11) is 1.55. The first-order valence-electron chi connectivity index (χ1n) is 32.0. The monoisotopic (exact) mass is 1060 g/mol. The Morgan fingerprint density at radius 2 is 0.743 bits per heavy atom. The van der Waals surface area contributed by atoms with E-state index in [0.29, 0.717) is 17.4 Å². The number of likely N-dealkylation sites (N-methyl/N-ethyl adjacent to an activating group) is 1. The molecule has 0 heterocycles. The number of aliphatic hydroxyl groups excluding tert-OH is 1. The van der Waals surface area contributed by atoms with Crippen LogP contribution in [0, 0.1) is 0 Å². The van der Waals surface area contributed by atoms with E-state index in [4.69, 9.17) is 9.05 Å². The lowest BCUT2D eigenvalue weighted by molar-refractivity contribution is -0.870. The van der Waals surface area contributed by atoms with Gasteiger partial charge in [-0.2, -0.15) is 0 Å². The van der Waals surface area contributed by atoms with E-state index in [1.165, 1.54) is 244 Å². The highest BCUT2D eigenvalue weighted by Crippen LogP contribution is 2.43. The fraction of sp³-hybridized carbons (Fsp3) is 0.862. The lowest BCUT2D eigenvalue weighted by Crippen LogP contribution is -2.45. The van der Waals surface area contributed by atoms with Crippen molar-refractivity contribution >= 4 is 13.7 Å². The van der Waals surface area contributed by atoms with Crippen LogP contribution in [0.1, 0.15) is 309 Å². The van der Waals surface area contributed by atoms with Crippen molar-refractivity contribution in [2.45, 2.75) is 321 Å². The van der Waals surface area contributed by atoms with Gasteiger partial charge in [-0.15, -0.1) is 0 Å². The van der Waals surface area contributed by atoms with E-state index in [1.807, 2.05) is 27.2 Å². The number of allylic oxidation sites excluding steroid dienone is 7. The predicted octanol–water partition coefficient (Wildman–Crippen LogP) is 19.9. The van der Waals surface area contributed by atoms with Crippen LogP contribution in [0.25, 0.3) is 0 Å². The van der Waals surface area contributed by atoms with Crippen molar-refractivity contribution in [2.75, 3.05) is 40.9 Å². The van der Waals surface area contributed by atoms with E-state index in [0.717, 1.165) is 44.9 Å². The minimum absolute atomic E-state index is 0.0543. The number of aliphatic hydroxyl groups is 1. The van der Waals surface area contributed by atoms with Crippen LogP contribution in [0.2, 0.25) is 0 Å². The van der Waals surface area contributed by atoms with E-state index >= 15 is 0 Å². The number of phosphoric ester groups is 1. The molecular formula is C65H126N2O6P+. The van der Waals surface area contributed by atoms with E-state index in [-0.39, 0.29) is 19.1 Å². The lowest BCUT2D eigenvalue weighted by Gasteiger charge is -2.25. The Balaban J connectivity index is 4.02. The van der Waals surface area contributed by atoms with Crippen LogP contribution < -0.4 is 5.32 Å². The standard InChI is InChI=1S/C65H125N2O6P/c1-6-8-10-12-14-16-18-20-22-24-25-26-27-28-29-30-31-32-33-34-35-36-37-38-39-40-41-43-45-47-49-51-53-55-57-59-65(69)66-63(62-73-74(70,71)72-61-60-67(3,4)5)64(68)58-56-54-52-50-48-46-44-42-23-21-19-17-15-13-11-9-7-2/h23-25,42,48,50,56,58,63-64,68H,6-22,26-41,43-47,49,51-55,57,59-62H2,1-5H3,(H-,66,69,70,71)/p+1/b25-24-,42-23+,50-48+,58-56+. The Hall–Kier alpha value is -1.54. The van der Waals surface area contributed by atoms with E-state index in [1.54, 1.807) is 6.08 Å². The number of carbonyl (C=O) groups is 1. The topological polar surface area (TPSA) is 105 Å². The molecule has 0 radical (unpaired) electrons. The number of hydrogen-bond acceptors (Lipinski definition) is 5. The zero-order valence-electron chi connectivity index (χ0n) is 49.8. The number of nitrogens with zero attached hydrogens (tertiary/aromatic N) is 1. The Morgan fingerprint density at radius 1 is 0.446 bits per heavy atom. The minimum Gasteiger partial charge on any atom is -0.387 e. The van der Waals surface area contributed by atoms with Crippen LogP contribution >= 0.6 is 7.82 Å². The van der Waals surface area contributed by atoms with Crippen LogP contribution in [-0.4, -0.2) is 73.4 Å². The zero-order chi connectivity index (χ0) is 54.2. The van der Waals surface area contributed by atoms with Gasteiger partial charge in [0.05, 0.1) is 39.9 Å². The molecule has 0 aromatic carbocycles. The smallest absolute Gasteiger partial charge is 0.387 e. The first-order chi connectivity index (χ1) is 36.0. The van der Waals surface area contributed by atoms with Crippen molar-refractivity contribution in [1.82, 2.24) is 5.32 Å². The molecule has 0 aromatic rings. The Morgan fingerprint density at radius 3 is 1.08 bits per heavy atom. The number of nitrogens with one attached hydrogen (secondary N) is 1. The molecule has 0 aliphatic heterocycles. The molecule has 0 rings (SSSR count). The van der Waals surface area contributed by atoms with Crippen LogP contribution in [0.15, 0.2) is 48.6 Å². The summed E-state index contributed by atoms with van der Waals surface area (Å²) in [6.07, 6.45) is 75.4. The molecule has 436 valence electrons. The number of unbranched alkanes of at least 4 members (excludes halogenated alkanes) is 40. The van der Waals surface area contributed by atoms with Crippen molar-refractivity contribution in [3.63, 3.8) is 0 Å². The van der Waals surface area contributed by atoms with Crippen molar-refractivity contribution in [3.05, 3.63) is 48.6 Å². The average Bonchev–Trinajstić information content (AvgIpc) is 3.36. The fourth-order valence-electron chi connectivity index (χ4n) is 9.48. The van der Waals surface area contributed by atoms with Gasteiger partial charge in [0.25, 0.3) is 0 Å². The molecule has 8 nitrogen and oxygen atoms in total. The first-order valence-corrected chi connectivity index (χ1v) is 33.5. The van der Waals surface area contributed by atoms with Crippen LogP contribution in [-0.2, 0) is 18.4 Å². The van der Waals surface area contributed by atoms with Gasteiger partial charge < -0.3 is 19.8 Å². The second-order valence-electron chi connectivity index (χ2n) is 23.1. The zero-order valence-corrected chi connectivity index (χ0v) is 50.7. The van der Waals surface area contributed by atoms with Gasteiger partial charge in [-0.1, -0.05) is 281 Å². The van der Waals surface area contributed by atoms with Crippen molar-refractivity contribution in [1.29, 1.82) is 0 Å². The Bertz CT molecular complexity index is 1340. The molecule has 0 aromatic heterocycles. The number of hydrogen-bond donors (Lipinski definition) is 3. The molecule has 3 N–H and O–H groups in total. The van der Waals surface area contributed by atoms with Crippen molar-refractivity contribution in [3.8, 4) is 0 Å². The molecule has 3 atom stereocenters. The minimum atomic E-state index is -4.36. The molecule has 3 unspecified atom stereocenters. The summed E-state index contributed by atoms with van der Waals surface area (Å²) < 4.78 is 23.7. The number of rotatable bonds is 59. The van der Waals surface area contributed by atoms with Gasteiger partial charge in [0.15, 0.2) is 0 Å². The van der Waals surface area contributed by atoms with Crippen molar-refractivity contribution < 1.29 is 32.9 Å². The molecule has 0 bridgehead atoms. The van der Waals surface area contributed by atoms with Gasteiger partial charge in [0.2, 0.25) is 5.91 Å². The SMILES string of the molecule is CCCCCCCCC/C=C/CC/C=C/CC/C=C/C(O)C(COP(=O)(O)OCC[N+](C)(C)C)NC(=O)CCCCCCCCCCCCCCCCCCCCCCCCC/C=C\CCCCCCCCCC. The maximum atomic E-state index is 13.0. The van der Waals surface area contributed by atoms with E-state index in [2.05, 4.69) is 55.6 Å². The number of carbonyl (C=O) groups excluding carboxylic acids is 1.